The molecule has 0 aliphatic rings. The Kier molecular flexibility index (Phi) is 5.45. The second-order valence-electron chi connectivity index (χ2n) is 4.40. The number of aryl methyl sites for hydroxylation is 1. The Morgan fingerprint density at radius 1 is 1.48 bits per heavy atom. The zero-order chi connectivity index (χ0) is 15.4. The lowest BCUT2D eigenvalue weighted by atomic mass is 10.3. The third-order valence-electron chi connectivity index (χ3n) is 2.67. The van der Waals surface area contributed by atoms with Gasteiger partial charge in [0.2, 0.25) is 0 Å². The monoisotopic (exact) mass is 344 g/mol. The van der Waals surface area contributed by atoms with E-state index in [1.807, 2.05) is 6.92 Å². The first-order valence-corrected chi connectivity index (χ1v) is 7.83. The van der Waals surface area contributed by atoms with Gasteiger partial charge in [-0.15, -0.1) is 11.3 Å². The number of amides is 1. The van der Waals surface area contributed by atoms with Gasteiger partial charge in [-0.2, -0.15) is 0 Å². The van der Waals surface area contributed by atoms with E-state index in [-0.39, 0.29) is 5.91 Å². The first-order chi connectivity index (χ1) is 9.95. The number of aromatic nitrogens is 1. The zero-order valence-corrected chi connectivity index (χ0v) is 13.9. The average Bonchev–Trinajstić information content (AvgIpc) is 2.85. The van der Waals surface area contributed by atoms with Crippen LogP contribution in [-0.4, -0.2) is 17.0 Å². The summed E-state index contributed by atoms with van der Waals surface area (Å²) in [5.74, 6) is 0.212. The van der Waals surface area contributed by atoms with Crippen LogP contribution in [0.4, 0.5) is 0 Å². The molecule has 0 aliphatic carbocycles. The molecule has 112 valence electrons. The van der Waals surface area contributed by atoms with Gasteiger partial charge < -0.3 is 10.1 Å². The third kappa shape index (κ3) is 4.59. The molecule has 0 saturated carbocycles. The second-order valence-corrected chi connectivity index (χ2v) is 6.56. The van der Waals surface area contributed by atoms with Crippen LogP contribution in [0.1, 0.15) is 16.8 Å². The maximum atomic E-state index is 12.0. The summed E-state index contributed by atoms with van der Waals surface area (Å²) in [6.07, 6.45) is 1.10. The molecule has 0 spiro atoms. The van der Waals surface area contributed by atoms with E-state index in [1.165, 1.54) is 0 Å². The number of carbonyl (C=O) groups excluding carboxylic acids is 1. The van der Waals surface area contributed by atoms with Gasteiger partial charge in [-0.1, -0.05) is 23.2 Å². The number of ether oxygens (including phenoxy) is 1. The second kappa shape index (κ2) is 7.11. The Bertz CT molecular complexity index is 646. The molecular weight excluding hydrogens is 331 g/mol. The first-order valence-electron chi connectivity index (χ1n) is 6.26. The van der Waals surface area contributed by atoms with Crippen LogP contribution in [0.15, 0.2) is 24.4 Å². The summed E-state index contributed by atoms with van der Waals surface area (Å²) in [4.78, 5) is 17.1. The molecule has 1 amide bonds. The maximum absolute atomic E-state index is 12.0. The topological polar surface area (TPSA) is 51.2 Å². The molecule has 0 aliphatic heterocycles. The molecule has 0 unspecified atom stereocenters. The lowest BCUT2D eigenvalue weighted by Gasteiger charge is -2.15. The zero-order valence-electron chi connectivity index (χ0n) is 11.5. The third-order valence-corrected chi connectivity index (χ3v) is 4.12. The van der Waals surface area contributed by atoms with E-state index in [4.69, 9.17) is 27.9 Å². The van der Waals surface area contributed by atoms with Crippen LogP contribution >= 0.6 is 34.5 Å². The van der Waals surface area contributed by atoms with Gasteiger partial charge in [0.25, 0.3) is 5.91 Å². The van der Waals surface area contributed by atoms with E-state index in [0.29, 0.717) is 22.3 Å². The number of hydrogen-bond donors (Lipinski definition) is 1. The summed E-state index contributed by atoms with van der Waals surface area (Å²) < 4.78 is 5.54. The van der Waals surface area contributed by atoms with Crippen molar-refractivity contribution in [3.05, 3.63) is 44.3 Å². The standard InChI is InChI=1S/C14H14Cl2N2O2S/c1-8(20-13-4-3-10(15)5-12(13)16)14(19)18-7-11-6-17-9(2)21-11/h3-6,8H,7H2,1-2H3,(H,18,19)/t8-/m1/s1. The van der Waals surface area contributed by atoms with Gasteiger partial charge >= 0.3 is 0 Å². The van der Waals surface area contributed by atoms with Crippen molar-refractivity contribution in [2.75, 3.05) is 0 Å². The molecule has 1 atom stereocenters. The van der Waals surface area contributed by atoms with Crippen LogP contribution < -0.4 is 10.1 Å². The first kappa shape index (κ1) is 16.1. The van der Waals surface area contributed by atoms with Crippen molar-refractivity contribution in [1.29, 1.82) is 0 Å². The van der Waals surface area contributed by atoms with Gasteiger partial charge in [0.1, 0.15) is 5.75 Å². The molecule has 2 aromatic rings. The molecule has 0 bridgehead atoms. The summed E-state index contributed by atoms with van der Waals surface area (Å²) in [6.45, 7) is 4.02. The van der Waals surface area contributed by atoms with E-state index in [0.717, 1.165) is 9.88 Å². The summed E-state index contributed by atoms with van der Waals surface area (Å²) in [5, 5.41) is 4.66. The van der Waals surface area contributed by atoms with Crippen molar-refractivity contribution < 1.29 is 9.53 Å². The maximum Gasteiger partial charge on any atom is 0.261 e. The molecule has 1 aromatic carbocycles. The fraction of sp³-hybridized carbons (Fsp3) is 0.286. The van der Waals surface area contributed by atoms with Crippen molar-refractivity contribution in [2.24, 2.45) is 0 Å². The van der Waals surface area contributed by atoms with Gasteiger partial charge in [-0.3, -0.25) is 4.79 Å². The minimum atomic E-state index is -0.655. The van der Waals surface area contributed by atoms with Crippen molar-refractivity contribution >= 4 is 40.4 Å². The molecule has 0 saturated heterocycles. The number of rotatable bonds is 5. The van der Waals surface area contributed by atoms with E-state index >= 15 is 0 Å². The van der Waals surface area contributed by atoms with Crippen LogP contribution in [0.3, 0.4) is 0 Å². The predicted molar refractivity (Wildman–Crippen MR) is 85.2 cm³/mol. The Labute approximate surface area is 137 Å². The number of thiazole rings is 1. The van der Waals surface area contributed by atoms with Gasteiger partial charge in [-0.05, 0) is 32.0 Å². The highest BCUT2D eigenvalue weighted by Crippen LogP contribution is 2.28. The normalized spacial score (nSPS) is 12.0. The van der Waals surface area contributed by atoms with Gasteiger partial charge in [0.15, 0.2) is 6.10 Å². The van der Waals surface area contributed by atoms with Crippen molar-refractivity contribution in [1.82, 2.24) is 10.3 Å². The van der Waals surface area contributed by atoms with Gasteiger partial charge in [-0.25, -0.2) is 4.98 Å². The predicted octanol–water partition coefficient (Wildman–Crippen LogP) is 3.84. The molecule has 1 heterocycles. The fourth-order valence-corrected chi connectivity index (χ4v) is 2.81. The van der Waals surface area contributed by atoms with E-state index in [1.54, 1.807) is 42.7 Å². The average molecular weight is 345 g/mol. The SMILES string of the molecule is Cc1ncc(CNC(=O)[C@@H](C)Oc2ccc(Cl)cc2Cl)s1. The highest BCUT2D eigenvalue weighted by atomic mass is 35.5. The number of hydrogen-bond acceptors (Lipinski definition) is 4. The summed E-state index contributed by atoms with van der Waals surface area (Å²) in [7, 11) is 0. The quantitative estimate of drug-likeness (QED) is 0.896. The van der Waals surface area contributed by atoms with E-state index in [2.05, 4.69) is 10.3 Å². The molecule has 2 rings (SSSR count). The molecule has 4 nitrogen and oxygen atoms in total. The van der Waals surface area contributed by atoms with Crippen LogP contribution in [0.5, 0.6) is 5.75 Å². The largest absolute Gasteiger partial charge is 0.479 e. The van der Waals surface area contributed by atoms with Crippen LogP contribution in [0.2, 0.25) is 10.0 Å². The Morgan fingerprint density at radius 2 is 2.24 bits per heavy atom. The molecule has 21 heavy (non-hydrogen) atoms. The number of halogens is 2. The molecule has 7 heteroatoms. The van der Waals surface area contributed by atoms with Crippen molar-refractivity contribution in [2.45, 2.75) is 26.5 Å². The highest BCUT2D eigenvalue weighted by Gasteiger charge is 2.16. The van der Waals surface area contributed by atoms with Gasteiger partial charge in [0, 0.05) is 16.1 Å². The lowest BCUT2D eigenvalue weighted by Crippen LogP contribution is -2.35. The minimum Gasteiger partial charge on any atom is -0.479 e. The lowest BCUT2D eigenvalue weighted by molar-refractivity contribution is -0.127. The number of nitrogens with one attached hydrogen (secondary N) is 1. The van der Waals surface area contributed by atoms with Crippen molar-refractivity contribution in [3.8, 4) is 5.75 Å². The number of carbonyl (C=O) groups is 1. The minimum absolute atomic E-state index is 0.216. The van der Waals surface area contributed by atoms with E-state index < -0.39 is 6.10 Å². The van der Waals surface area contributed by atoms with Crippen LogP contribution in [0, 0.1) is 6.92 Å². The van der Waals surface area contributed by atoms with Gasteiger partial charge in [0.05, 0.1) is 16.6 Å². The molecule has 1 N–H and O–H groups in total. The molecule has 0 fully saturated rings. The molecular formula is C14H14Cl2N2O2S. The van der Waals surface area contributed by atoms with Crippen LogP contribution in [0.25, 0.3) is 0 Å². The van der Waals surface area contributed by atoms with E-state index in [9.17, 15) is 4.79 Å². The fourth-order valence-electron chi connectivity index (χ4n) is 1.62. The Balaban J connectivity index is 1.90. The van der Waals surface area contributed by atoms with Crippen LogP contribution in [-0.2, 0) is 11.3 Å². The Morgan fingerprint density at radius 3 is 2.86 bits per heavy atom. The summed E-state index contributed by atoms with van der Waals surface area (Å²) in [6, 6.07) is 4.87. The number of nitrogens with zero attached hydrogens (tertiary/aromatic N) is 1. The van der Waals surface area contributed by atoms with Crippen molar-refractivity contribution in [3.63, 3.8) is 0 Å². The smallest absolute Gasteiger partial charge is 0.261 e. The summed E-state index contributed by atoms with van der Waals surface area (Å²) in [5.41, 5.74) is 0. The summed E-state index contributed by atoms with van der Waals surface area (Å²) >= 11 is 13.4. The molecule has 1 aromatic heterocycles. The number of benzene rings is 1. The highest BCUT2D eigenvalue weighted by molar-refractivity contribution is 7.11. The Hall–Kier alpha value is -1.30. The molecule has 0 radical (unpaired) electrons.